The van der Waals surface area contributed by atoms with Gasteiger partial charge in [-0.25, -0.2) is 0 Å². The summed E-state index contributed by atoms with van der Waals surface area (Å²) in [4.78, 5) is 14.1. The van der Waals surface area contributed by atoms with Gasteiger partial charge in [0.25, 0.3) is 0 Å². The maximum Gasteiger partial charge on any atom is 0.225 e. The third-order valence-corrected chi connectivity index (χ3v) is 4.35. The number of nitrogens with zero attached hydrogens (tertiary/aromatic N) is 1. The zero-order valence-corrected chi connectivity index (χ0v) is 10.7. The lowest BCUT2D eigenvalue weighted by atomic mass is 9.77. The number of carbonyl (C=O) groups is 1. The van der Waals surface area contributed by atoms with Crippen LogP contribution in [0.25, 0.3) is 0 Å². The van der Waals surface area contributed by atoms with E-state index in [9.17, 15) is 4.79 Å². The molecule has 1 amide bonds. The number of aliphatic hydroxyl groups is 1. The fraction of sp³-hybridized carbons (Fsp3) is 0.923. The fourth-order valence-corrected chi connectivity index (χ4v) is 2.89. The van der Waals surface area contributed by atoms with Crippen molar-refractivity contribution in [2.75, 3.05) is 26.8 Å². The maximum atomic E-state index is 12.1. The van der Waals surface area contributed by atoms with Gasteiger partial charge in [-0.15, -0.1) is 0 Å². The average Bonchev–Trinajstić information content (AvgIpc) is 2.72. The van der Waals surface area contributed by atoms with Gasteiger partial charge in [0.05, 0.1) is 12.0 Å². The summed E-state index contributed by atoms with van der Waals surface area (Å²) in [7, 11) is 1.71. The normalized spacial score (nSPS) is 26.9. The van der Waals surface area contributed by atoms with E-state index in [1.807, 2.05) is 4.90 Å². The molecule has 1 heterocycles. The van der Waals surface area contributed by atoms with E-state index >= 15 is 0 Å². The number of methoxy groups -OCH3 is 1. The van der Waals surface area contributed by atoms with Crippen LogP contribution in [0.2, 0.25) is 0 Å². The van der Waals surface area contributed by atoms with E-state index in [1.165, 1.54) is 6.42 Å². The van der Waals surface area contributed by atoms with Crippen LogP contribution in [0.5, 0.6) is 0 Å². The van der Waals surface area contributed by atoms with Crippen LogP contribution in [0.4, 0.5) is 0 Å². The van der Waals surface area contributed by atoms with Gasteiger partial charge in [0.1, 0.15) is 0 Å². The SMILES string of the molecule is COC1(CC(=O)N2CCC(CCO)C2)CCC1. The highest BCUT2D eigenvalue weighted by Gasteiger charge is 2.40. The van der Waals surface area contributed by atoms with Gasteiger partial charge in [0.15, 0.2) is 0 Å². The van der Waals surface area contributed by atoms with E-state index < -0.39 is 0 Å². The quantitative estimate of drug-likeness (QED) is 0.786. The lowest BCUT2D eigenvalue weighted by Crippen LogP contribution is -2.44. The van der Waals surface area contributed by atoms with Crippen molar-refractivity contribution in [3.8, 4) is 0 Å². The van der Waals surface area contributed by atoms with Gasteiger partial charge in [-0.2, -0.15) is 0 Å². The highest BCUT2D eigenvalue weighted by molar-refractivity contribution is 5.77. The molecule has 2 fully saturated rings. The van der Waals surface area contributed by atoms with Gasteiger partial charge < -0.3 is 14.7 Å². The molecule has 98 valence electrons. The standard InChI is InChI=1S/C13H23NO3/c1-17-13(5-2-6-13)9-12(16)14-7-3-11(10-14)4-8-15/h11,15H,2-10H2,1H3. The van der Waals surface area contributed by atoms with Crippen LogP contribution in [-0.4, -0.2) is 48.3 Å². The first-order valence-corrected chi connectivity index (χ1v) is 6.63. The molecule has 2 aliphatic rings. The second kappa shape index (κ2) is 5.36. The van der Waals surface area contributed by atoms with Crippen LogP contribution in [0.15, 0.2) is 0 Å². The number of hydrogen-bond donors (Lipinski definition) is 1. The molecule has 1 unspecified atom stereocenters. The Morgan fingerprint density at radius 3 is 2.82 bits per heavy atom. The predicted octanol–water partition coefficient (Wildman–Crippen LogP) is 1.18. The molecule has 1 aliphatic heterocycles. The first-order chi connectivity index (χ1) is 8.19. The Hall–Kier alpha value is -0.610. The zero-order valence-electron chi connectivity index (χ0n) is 10.7. The Labute approximate surface area is 103 Å². The summed E-state index contributed by atoms with van der Waals surface area (Å²) in [5.41, 5.74) is -0.161. The Balaban J connectivity index is 1.81. The van der Waals surface area contributed by atoms with Crippen molar-refractivity contribution in [2.24, 2.45) is 5.92 Å². The van der Waals surface area contributed by atoms with E-state index in [0.717, 1.165) is 38.8 Å². The second-order valence-electron chi connectivity index (χ2n) is 5.42. The fourth-order valence-electron chi connectivity index (χ4n) is 2.89. The summed E-state index contributed by atoms with van der Waals surface area (Å²) in [6.45, 7) is 1.90. The molecule has 1 saturated heterocycles. The summed E-state index contributed by atoms with van der Waals surface area (Å²) in [5.74, 6) is 0.718. The maximum absolute atomic E-state index is 12.1. The molecule has 0 aromatic rings. The van der Waals surface area contributed by atoms with Crippen molar-refractivity contribution >= 4 is 5.91 Å². The van der Waals surface area contributed by atoms with Gasteiger partial charge >= 0.3 is 0 Å². The minimum Gasteiger partial charge on any atom is -0.396 e. The molecular formula is C13H23NO3. The number of ether oxygens (including phenoxy) is 1. The van der Waals surface area contributed by atoms with Crippen LogP contribution in [0.3, 0.4) is 0 Å². The smallest absolute Gasteiger partial charge is 0.225 e. The molecule has 0 bridgehead atoms. The average molecular weight is 241 g/mol. The summed E-state index contributed by atoms with van der Waals surface area (Å²) in [6.07, 6.45) is 5.60. The first kappa shape index (κ1) is 12.8. The Bertz CT molecular complexity index is 270. The molecular weight excluding hydrogens is 218 g/mol. The minimum absolute atomic E-state index is 0.161. The first-order valence-electron chi connectivity index (χ1n) is 6.63. The van der Waals surface area contributed by atoms with Gasteiger partial charge in [-0.3, -0.25) is 4.79 Å². The van der Waals surface area contributed by atoms with Crippen LogP contribution >= 0.6 is 0 Å². The largest absolute Gasteiger partial charge is 0.396 e. The number of hydrogen-bond acceptors (Lipinski definition) is 3. The predicted molar refractivity (Wildman–Crippen MR) is 64.6 cm³/mol. The Kier molecular flexibility index (Phi) is 4.05. The van der Waals surface area contributed by atoms with Gasteiger partial charge in [0, 0.05) is 26.8 Å². The Morgan fingerprint density at radius 2 is 2.29 bits per heavy atom. The molecule has 0 spiro atoms. The Morgan fingerprint density at radius 1 is 1.53 bits per heavy atom. The zero-order chi connectivity index (χ0) is 12.3. The third-order valence-electron chi connectivity index (χ3n) is 4.35. The third kappa shape index (κ3) is 2.80. The number of likely N-dealkylation sites (tertiary alicyclic amines) is 1. The van der Waals surface area contributed by atoms with Gasteiger partial charge in [-0.1, -0.05) is 0 Å². The molecule has 2 rings (SSSR count). The minimum atomic E-state index is -0.161. The molecule has 0 aromatic carbocycles. The van der Waals surface area contributed by atoms with E-state index in [1.54, 1.807) is 7.11 Å². The van der Waals surface area contributed by atoms with Crippen molar-refractivity contribution in [3.63, 3.8) is 0 Å². The van der Waals surface area contributed by atoms with Crippen molar-refractivity contribution in [1.29, 1.82) is 0 Å². The van der Waals surface area contributed by atoms with Gasteiger partial charge in [-0.05, 0) is 38.0 Å². The van der Waals surface area contributed by atoms with Crippen molar-refractivity contribution < 1.29 is 14.6 Å². The number of aliphatic hydroxyl groups excluding tert-OH is 1. The lowest BCUT2D eigenvalue weighted by Gasteiger charge is -2.40. The summed E-state index contributed by atoms with van der Waals surface area (Å²) >= 11 is 0. The number of carbonyl (C=O) groups excluding carboxylic acids is 1. The molecule has 4 nitrogen and oxygen atoms in total. The molecule has 0 aromatic heterocycles. The second-order valence-corrected chi connectivity index (χ2v) is 5.42. The summed E-state index contributed by atoms with van der Waals surface area (Å²) < 4.78 is 5.49. The molecule has 1 N–H and O–H groups in total. The highest BCUT2D eigenvalue weighted by Crippen LogP contribution is 2.38. The molecule has 17 heavy (non-hydrogen) atoms. The van der Waals surface area contributed by atoms with Crippen LogP contribution in [0, 0.1) is 5.92 Å². The number of amides is 1. The van der Waals surface area contributed by atoms with Crippen LogP contribution in [-0.2, 0) is 9.53 Å². The van der Waals surface area contributed by atoms with E-state index in [0.29, 0.717) is 12.3 Å². The monoisotopic (exact) mass is 241 g/mol. The topological polar surface area (TPSA) is 49.8 Å². The van der Waals surface area contributed by atoms with E-state index in [2.05, 4.69) is 0 Å². The van der Waals surface area contributed by atoms with Crippen molar-refractivity contribution in [2.45, 2.75) is 44.1 Å². The van der Waals surface area contributed by atoms with Crippen LogP contribution in [0.1, 0.15) is 38.5 Å². The van der Waals surface area contributed by atoms with E-state index in [-0.39, 0.29) is 18.1 Å². The van der Waals surface area contributed by atoms with Crippen LogP contribution < -0.4 is 0 Å². The van der Waals surface area contributed by atoms with Crippen molar-refractivity contribution in [3.05, 3.63) is 0 Å². The summed E-state index contributed by atoms with van der Waals surface area (Å²) in [5, 5.41) is 8.90. The lowest BCUT2D eigenvalue weighted by molar-refractivity contribution is -0.143. The van der Waals surface area contributed by atoms with Crippen molar-refractivity contribution in [1.82, 2.24) is 4.90 Å². The summed E-state index contributed by atoms with van der Waals surface area (Å²) in [6, 6.07) is 0. The molecule has 1 saturated carbocycles. The molecule has 0 radical (unpaired) electrons. The molecule has 1 atom stereocenters. The highest BCUT2D eigenvalue weighted by atomic mass is 16.5. The molecule has 4 heteroatoms. The van der Waals surface area contributed by atoms with E-state index in [4.69, 9.17) is 9.84 Å². The molecule has 1 aliphatic carbocycles. The van der Waals surface area contributed by atoms with Gasteiger partial charge in [0.2, 0.25) is 5.91 Å². The number of rotatable bonds is 5.